The first-order valence-corrected chi connectivity index (χ1v) is 9.19. The van der Waals surface area contributed by atoms with Crippen molar-refractivity contribution in [2.75, 3.05) is 5.32 Å². The van der Waals surface area contributed by atoms with Gasteiger partial charge in [0, 0.05) is 28.5 Å². The van der Waals surface area contributed by atoms with Gasteiger partial charge in [-0.05, 0) is 59.4 Å². The van der Waals surface area contributed by atoms with Gasteiger partial charge in [0.2, 0.25) is 0 Å². The van der Waals surface area contributed by atoms with Crippen LogP contribution in [-0.2, 0) is 6.42 Å². The van der Waals surface area contributed by atoms with Crippen LogP contribution in [0.4, 0.5) is 17.1 Å². The Morgan fingerprint density at radius 3 is 2.26 bits per heavy atom. The highest BCUT2D eigenvalue weighted by molar-refractivity contribution is 6.30. The first-order chi connectivity index (χ1) is 12.9. The maximum absolute atomic E-state index is 11.2. The topological polar surface area (TPSA) is 55.2 Å². The van der Waals surface area contributed by atoms with E-state index in [0.717, 1.165) is 22.5 Å². The van der Waals surface area contributed by atoms with Gasteiger partial charge in [0.1, 0.15) is 0 Å². The summed E-state index contributed by atoms with van der Waals surface area (Å²) in [6.07, 6.45) is 0.575. The van der Waals surface area contributed by atoms with Crippen molar-refractivity contribution in [2.45, 2.75) is 26.2 Å². The average Bonchev–Trinajstić information content (AvgIpc) is 2.65. The number of hydrogen-bond donors (Lipinski definition) is 1. The van der Waals surface area contributed by atoms with Crippen LogP contribution < -0.4 is 5.32 Å². The molecule has 0 aromatic heterocycles. The van der Waals surface area contributed by atoms with E-state index in [1.54, 1.807) is 12.1 Å². The molecule has 138 valence electrons. The van der Waals surface area contributed by atoms with Gasteiger partial charge in [-0.2, -0.15) is 0 Å². The second-order valence-corrected chi connectivity index (χ2v) is 7.24. The molecular formula is C22H21ClN2O2. The predicted molar refractivity (Wildman–Crippen MR) is 111 cm³/mol. The Morgan fingerprint density at radius 2 is 1.67 bits per heavy atom. The molecule has 0 saturated heterocycles. The van der Waals surface area contributed by atoms with Crippen LogP contribution in [0.3, 0.4) is 0 Å². The van der Waals surface area contributed by atoms with Gasteiger partial charge in [0.15, 0.2) is 0 Å². The van der Waals surface area contributed by atoms with E-state index in [0.29, 0.717) is 17.4 Å². The fourth-order valence-corrected chi connectivity index (χ4v) is 3.02. The van der Waals surface area contributed by atoms with E-state index in [-0.39, 0.29) is 10.6 Å². The molecule has 0 unspecified atom stereocenters. The smallest absolute Gasteiger partial charge is 0.269 e. The van der Waals surface area contributed by atoms with E-state index in [9.17, 15) is 10.1 Å². The molecule has 0 aliphatic carbocycles. The maximum Gasteiger partial charge on any atom is 0.269 e. The molecular weight excluding hydrogens is 360 g/mol. The summed E-state index contributed by atoms with van der Waals surface area (Å²) < 4.78 is 0. The van der Waals surface area contributed by atoms with E-state index in [2.05, 4.69) is 31.3 Å². The fourth-order valence-electron chi connectivity index (χ4n) is 2.89. The molecule has 5 heteroatoms. The van der Waals surface area contributed by atoms with E-state index >= 15 is 0 Å². The Labute approximate surface area is 164 Å². The zero-order valence-corrected chi connectivity index (χ0v) is 16.0. The van der Waals surface area contributed by atoms with Crippen LogP contribution in [0.5, 0.6) is 0 Å². The van der Waals surface area contributed by atoms with Gasteiger partial charge < -0.3 is 5.32 Å². The Bertz CT molecular complexity index is 936. The molecule has 0 atom stereocenters. The van der Waals surface area contributed by atoms with Crippen LogP contribution in [0.1, 0.15) is 36.5 Å². The zero-order valence-electron chi connectivity index (χ0n) is 15.3. The highest BCUT2D eigenvalue weighted by Crippen LogP contribution is 2.28. The molecule has 0 fully saturated rings. The number of anilines is 2. The summed E-state index contributed by atoms with van der Waals surface area (Å²) in [6, 6.07) is 20.7. The van der Waals surface area contributed by atoms with Crippen molar-refractivity contribution >= 4 is 28.7 Å². The van der Waals surface area contributed by atoms with Crippen LogP contribution in [-0.4, -0.2) is 4.92 Å². The van der Waals surface area contributed by atoms with Gasteiger partial charge in [0.25, 0.3) is 5.69 Å². The maximum atomic E-state index is 11.2. The molecule has 3 aromatic rings. The molecule has 0 aliphatic heterocycles. The van der Waals surface area contributed by atoms with Crippen molar-refractivity contribution in [3.63, 3.8) is 0 Å². The van der Waals surface area contributed by atoms with Crippen molar-refractivity contribution in [1.82, 2.24) is 0 Å². The van der Waals surface area contributed by atoms with Gasteiger partial charge >= 0.3 is 0 Å². The Kier molecular flexibility index (Phi) is 5.77. The van der Waals surface area contributed by atoms with Gasteiger partial charge in [-0.1, -0.05) is 49.7 Å². The summed E-state index contributed by atoms with van der Waals surface area (Å²) in [5.41, 5.74) is 5.06. The highest BCUT2D eigenvalue weighted by Gasteiger charge is 2.12. The van der Waals surface area contributed by atoms with Crippen LogP contribution in [0, 0.1) is 10.1 Å². The Morgan fingerprint density at radius 1 is 1.00 bits per heavy atom. The summed E-state index contributed by atoms with van der Waals surface area (Å²) in [5.74, 6) is 0.471. The lowest BCUT2D eigenvalue weighted by atomic mass is 10.0. The molecule has 3 aromatic carbocycles. The Hall–Kier alpha value is -2.85. The van der Waals surface area contributed by atoms with Crippen LogP contribution in [0.2, 0.25) is 5.02 Å². The molecule has 0 saturated carbocycles. The zero-order chi connectivity index (χ0) is 19.4. The van der Waals surface area contributed by atoms with Crippen molar-refractivity contribution in [1.29, 1.82) is 0 Å². The number of rotatable bonds is 6. The lowest BCUT2D eigenvalue weighted by Gasteiger charge is -2.14. The van der Waals surface area contributed by atoms with Crippen LogP contribution in [0.25, 0.3) is 0 Å². The number of nitrogens with zero attached hydrogens (tertiary/aromatic N) is 1. The Balaban J connectivity index is 1.91. The SMILES string of the molecule is CC(C)c1ccc(Nc2ccc([N+](=O)[O-])cc2Cc2ccc(Cl)cc2)cc1. The molecule has 0 spiro atoms. The average molecular weight is 381 g/mol. The lowest BCUT2D eigenvalue weighted by molar-refractivity contribution is -0.384. The van der Waals surface area contributed by atoms with Gasteiger partial charge in [-0.15, -0.1) is 0 Å². The van der Waals surface area contributed by atoms with Crippen LogP contribution in [0.15, 0.2) is 66.7 Å². The van der Waals surface area contributed by atoms with Crippen LogP contribution >= 0.6 is 11.6 Å². The molecule has 0 aliphatic rings. The molecule has 4 nitrogen and oxygen atoms in total. The fraction of sp³-hybridized carbons (Fsp3) is 0.182. The summed E-state index contributed by atoms with van der Waals surface area (Å²) in [6.45, 7) is 4.31. The second-order valence-electron chi connectivity index (χ2n) is 6.80. The first-order valence-electron chi connectivity index (χ1n) is 8.81. The van der Waals surface area contributed by atoms with Crippen molar-refractivity contribution in [2.24, 2.45) is 0 Å². The number of benzene rings is 3. The van der Waals surface area contributed by atoms with Crippen molar-refractivity contribution < 1.29 is 4.92 Å². The molecule has 3 rings (SSSR count). The lowest BCUT2D eigenvalue weighted by Crippen LogP contribution is -2.00. The quantitative estimate of drug-likeness (QED) is 0.382. The molecule has 27 heavy (non-hydrogen) atoms. The third-order valence-electron chi connectivity index (χ3n) is 4.46. The van der Waals surface area contributed by atoms with E-state index in [4.69, 9.17) is 11.6 Å². The second kappa shape index (κ2) is 8.23. The third kappa shape index (κ3) is 4.86. The standard InChI is InChI=1S/C22H21ClN2O2/c1-15(2)17-5-9-20(10-6-17)24-22-12-11-21(25(26)27)14-18(22)13-16-3-7-19(23)8-4-16/h3-12,14-15,24H,13H2,1-2H3. The van der Waals surface area contributed by atoms with Gasteiger partial charge in [-0.3, -0.25) is 10.1 Å². The van der Waals surface area contributed by atoms with Gasteiger partial charge in [0.05, 0.1) is 4.92 Å². The number of halogens is 1. The summed E-state index contributed by atoms with van der Waals surface area (Å²) >= 11 is 5.95. The monoisotopic (exact) mass is 380 g/mol. The minimum Gasteiger partial charge on any atom is -0.355 e. The number of nitro groups is 1. The first kappa shape index (κ1) is 18.9. The van der Waals surface area contributed by atoms with E-state index in [1.807, 2.05) is 36.4 Å². The predicted octanol–water partition coefficient (Wildman–Crippen LogP) is 6.71. The van der Waals surface area contributed by atoms with Crippen molar-refractivity contribution in [3.05, 3.63) is 98.6 Å². The number of non-ortho nitro benzene ring substituents is 1. The highest BCUT2D eigenvalue weighted by atomic mass is 35.5. The van der Waals surface area contributed by atoms with E-state index < -0.39 is 0 Å². The number of nitro benzene ring substituents is 1. The minimum absolute atomic E-state index is 0.0830. The molecule has 0 radical (unpaired) electrons. The van der Waals surface area contributed by atoms with E-state index in [1.165, 1.54) is 11.6 Å². The normalized spacial score (nSPS) is 10.8. The minimum atomic E-state index is -0.368. The largest absolute Gasteiger partial charge is 0.355 e. The molecule has 0 bridgehead atoms. The van der Waals surface area contributed by atoms with Gasteiger partial charge in [-0.25, -0.2) is 0 Å². The molecule has 0 heterocycles. The number of hydrogen-bond acceptors (Lipinski definition) is 3. The molecule has 1 N–H and O–H groups in total. The third-order valence-corrected chi connectivity index (χ3v) is 4.72. The summed E-state index contributed by atoms with van der Waals surface area (Å²) in [7, 11) is 0. The number of nitrogens with one attached hydrogen (secondary N) is 1. The van der Waals surface area contributed by atoms with Crippen molar-refractivity contribution in [3.8, 4) is 0 Å². The summed E-state index contributed by atoms with van der Waals surface area (Å²) in [4.78, 5) is 10.8. The summed E-state index contributed by atoms with van der Waals surface area (Å²) in [5, 5.41) is 15.2. The molecule has 0 amide bonds.